The van der Waals surface area contributed by atoms with Crippen molar-refractivity contribution in [2.75, 3.05) is 0 Å². The minimum absolute atomic E-state index is 0.236. The van der Waals surface area contributed by atoms with E-state index in [2.05, 4.69) is 11.5 Å². The number of benzene rings is 1. The summed E-state index contributed by atoms with van der Waals surface area (Å²) in [6, 6.07) is 3.94. The Bertz CT molecular complexity index is 472. The van der Waals surface area contributed by atoms with Crippen LogP contribution in [-0.2, 0) is 17.7 Å². The number of nitrogens with one attached hydrogen (secondary N) is 1. The summed E-state index contributed by atoms with van der Waals surface area (Å²) in [4.78, 5) is 17.2. The van der Waals surface area contributed by atoms with Crippen molar-refractivity contribution in [2.24, 2.45) is 0 Å². The van der Waals surface area contributed by atoms with Gasteiger partial charge in [-0.05, 0) is 69.7 Å². The first kappa shape index (κ1) is 13.1. The van der Waals surface area contributed by atoms with Gasteiger partial charge in [0.15, 0.2) is 0 Å². The maximum Gasteiger partial charge on any atom is 0.357 e. The largest absolute Gasteiger partial charge is 0.366 e. The van der Waals surface area contributed by atoms with Crippen molar-refractivity contribution in [2.45, 2.75) is 52.5 Å². The molecule has 0 atom stereocenters. The lowest BCUT2D eigenvalue weighted by atomic mass is 9.99. The summed E-state index contributed by atoms with van der Waals surface area (Å²) in [7, 11) is 0. The summed E-state index contributed by atoms with van der Waals surface area (Å²) in [6.45, 7) is 7.87. The third-order valence-electron chi connectivity index (χ3n) is 3.24. The van der Waals surface area contributed by atoms with Crippen LogP contribution in [0.3, 0.4) is 0 Å². The van der Waals surface area contributed by atoms with Gasteiger partial charge in [-0.25, -0.2) is 4.79 Å². The van der Waals surface area contributed by atoms with Gasteiger partial charge in [-0.2, -0.15) is 0 Å². The number of rotatable bonds is 2. The van der Waals surface area contributed by atoms with Crippen LogP contribution in [0.15, 0.2) is 12.1 Å². The molecule has 0 fully saturated rings. The van der Waals surface area contributed by atoms with Crippen molar-refractivity contribution < 1.29 is 9.63 Å². The molecule has 1 aliphatic carbocycles. The maximum absolute atomic E-state index is 12.0. The summed E-state index contributed by atoms with van der Waals surface area (Å²) < 4.78 is 0. The summed E-state index contributed by atoms with van der Waals surface area (Å²) in [6.07, 6.45) is 3.40. The molecule has 0 spiro atoms. The van der Waals surface area contributed by atoms with E-state index in [1.54, 1.807) is 0 Å². The number of aryl methyl sites for hydroxylation is 1. The molecule has 3 nitrogen and oxygen atoms in total. The van der Waals surface area contributed by atoms with Crippen molar-refractivity contribution >= 4 is 5.97 Å². The van der Waals surface area contributed by atoms with Crippen LogP contribution in [0.5, 0.6) is 0 Å². The van der Waals surface area contributed by atoms with Gasteiger partial charge in [-0.1, -0.05) is 6.07 Å². The van der Waals surface area contributed by atoms with Crippen LogP contribution in [-0.4, -0.2) is 11.5 Å². The Morgan fingerprint density at radius 2 is 2.00 bits per heavy atom. The number of carbonyl (C=O) groups is 1. The highest BCUT2D eigenvalue weighted by Crippen LogP contribution is 2.27. The Hall–Kier alpha value is -1.35. The molecule has 1 aromatic carbocycles. The minimum Gasteiger partial charge on any atom is -0.366 e. The molecule has 0 aromatic heterocycles. The molecule has 2 rings (SSSR count). The van der Waals surface area contributed by atoms with E-state index in [1.807, 2.05) is 33.8 Å². The van der Waals surface area contributed by atoms with E-state index in [0.29, 0.717) is 5.56 Å². The van der Waals surface area contributed by atoms with Gasteiger partial charge in [-0.3, -0.25) is 0 Å². The van der Waals surface area contributed by atoms with Crippen LogP contribution in [0, 0.1) is 6.92 Å². The van der Waals surface area contributed by atoms with Crippen LogP contribution in [0.1, 0.15) is 54.2 Å². The Morgan fingerprint density at radius 3 is 2.67 bits per heavy atom. The topological polar surface area (TPSA) is 38.3 Å². The zero-order valence-corrected chi connectivity index (χ0v) is 11.6. The quantitative estimate of drug-likeness (QED) is 0.817. The monoisotopic (exact) mass is 247 g/mol. The molecule has 0 amide bonds. The number of hydrogen-bond acceptors (Lipinski definition) is 3. The fourth-order valence-corrected chi connectivity index (χ4v) is 2.33. The third kappa shape index (κ3) is 2.72. The highest BCUT2D eigenvalue weighted by Gasteiger charge is 2.20. The van der Waals surface area contributed by atoms with Gasteiger partial charge in [0.25, 0.3) is 0 Å². The van der Waals surface area contributed by atoms with Crippen LogP contribution < -0.4 is 5.48 Å². The molecule has 98 valence electrons. The first-order chi connectivity index (χ1) is 8.38. The van der Waals surface area contributed by atoms with Crippen molar-refractivity contribution in [3.63, 3.8) is 0 Å². The van der Waals surface area contributed by atoms with E-state index in [1.165, 1.54) is 17.5 Å². The second-order valence-corrected chi connectivity index (χ2v) is 5.97. The number of carbonyl (C=O) groups excluding carboxylic acids is 1. The summed E-state index contributed by atoms with van der Waals surface area (Å²) in [5.41, 5.74) is 6.99. The van der Waals surface area contributed by atoms with Crippen molar-refractivity contribution in [1.29, 1.82) is 0 Å². The normalized spacial score (nSPS) is 14.4. The molecule has 1 aromatic rings. The third-order valence-corrected chi connectivity index (χ3v) is 3.24. The van der Waals surface area contributed by atoms with Crippen molar-refractivity contribution in [1.82, 2.24) is 5.48 Å². The Kier molecular flexibility index (Phi) is 3.44. The van der Waals surface area contributed by atoms with Gasteiger partial charge >= 0.3 is 5.97 Å². The molecule has 18 heavy (non-hydrogen) atoms. The number of hydroxylamine groups is 1. The van der Waals surface area contributed by atoms with Gasteiger partial charge in [0.2, 0.25) is 0 Å². The predicted octanol–water partition coefficient (Wildman–Crippen LogP) is 2.94. The van der Waals surface area contributed by atoms with Gasteiger partial charge in [-0.15, -0.1) is 5.48 Å². The van der Waals surface area contributed by atoms with Gasteiger partial charge in [0.05, 0.1) is 5.56 Å². The maximum atomic E-state index is 12.0. The molecule has 1 N–H and O–H groups in total. The highest BCUT2D eigenvalue weighted by atomic mass is 16.7. The van der Waals surface area contributed by atoms with Gasteiger partial charge in [0, 0.05) is 5.54 Å². The number of hydrogen-bond donors (Lipinski definition) is 1. The fourth-order valence-electron chi connectivity index (χ4n) is 2.33. The van der Waals surface area contributed by atoms with Gasteiger partial charge in [0.1, 0.15) is 0 Å². The molecule has 0 unspecified atom stereocenters. The summed E-state index contributed by atoms with van der Waals surface area (Å²) >= 11 is 0. The highest BCUT2D eigenvalue weighted by molar-refractivity contribution is 5.91. The van der Waals surface area contributed by atoms with E-state index < -0.39 is 0 Å². The lowest BCUT2D eigenvalue weighted by Gasteiger charge is -2.20. The molecular weight excluding hydrogens is 226 g/mol. The summed E-state index contributed by atoms with van der Waals surface area (Å²) in [5, 5.41) is 0. The standard InChI is InChI=1S/C15H21NO2/c1-10-12-7-5-6-11(12)8-9-13(10)14(17)18-16-15(2,3)4/h8-9,16H,5-7H2,1-4H3. The zero-order valence-electron chi connectivity index (χ0n) is 11.6. The average molecular weight is 247 g/mol. The van der Waals surface area contributed by atoms with Gasteiger partial charge < -0.3 is 4.84 Å². The number of fused-ring (bicyclic) bond motifs is 1. The Balaban J connectivity index is 2.17. The van der Waals surface area contributed by atoms with Crippen LogP contribution in [0.25, 0.3) is 0 Å². The molecule has 0 bridgehead atoms. The first-order valence-corrected chi connectivity index (χ1v) is 6.48. The second kappa shape index (κ2) is 4.73. The Morgan fingerprint density at radius 1 is 1.28 bits per heavy atom. The molecule has 0 radical (unpaired) electrons. The van der Waals surface area contributed by atoms with E-state index in [4.69, 9.17) is 4.84 Å². The molecule has 0 saturated heterocycles. The molecule has 3 heteroatoms. The van der Waals surface area contributed by atoms with E-state index >= 15 is 0 Å². The lowest BCUT2D eigenvalue weighted by molar-refractivity contribution is 0.00456. The van der Waals surface area contributed by atoms with Crippen LogP contribution >= 0.6 is 0 Å². The average Bonchev–Trinajstić information content (AvgIpc) is 2.74. The molecule has 1 aliphatic rings. The van der Waals surface area contributed by atoms with E-state index in [-0.39, 0.29) is 11.5 Å². The minimum atomic E-state index is -0.294. The molecule has 0 saturated carbocycles. The SMILES string of the molecule is Cc1c(C(=O)ONC(C)(C)C)ccc2c1CCC2. The van der Waals surface area contributed by atoms with Crippen molar-refractivity contribution in [3.05, 3.63) is 34.4 Å². The van der Waals surface area contributed by atoms with E-state index in [9.17, 15) is 4.79 Å². The van der Waals surface area contributed by atoms with Crippen molar-refractivity contribution in [3.8, 4) is 0 Å². The van der Waals surface area contributed by atoms with Crippen LogP contribution in [0.4, 0.5) is 0 Å². The molecular formula is C15H21NO2. The smallest absolute Gasteiger partial charge is 0.357 e. The zero-order chi connectivity index (χ0) is 13.3. The lowest BCUT2D eigenvalue weighted by Crippen LogP contribution is -2.37. The van der Waals surface area contributed by atoms with E-state index in [0.717, 1.165) is 18.4 Å². The van der Waals surface area contributed by atoms with Crippen LogP contribution in [0.2, 0.25) is 0 Å². The second-order valence-electron chi connectivity index (χ2n) is 5.97. The Labute approximate surface area is 108 Å². The first-order valence-electron chi connectivity index (χ1n) is 6.48. The predicted molar refractivity (Wildman–Crippen MR) is 71.5 cm³/mol. The molecule has 0 heterocycles. The summed E-state index contributed by atoms with van der Waals surface area (Å²) in [5.74, 6) is -0.294. The molecule has 0 aliphatic heterocycles. The fraction of sp³-hybridized carbons (Fsp3) is 0.533.